The molecule has 0 unspecified atom stereocenters. The molecule has 0 spiro atoms. The Labute approximate surface area is 119 Å². The fraction of sp³-hybridized carbons (Fsp3) is 0.538. The van der Waals surface area contributed by atoms with E-state index in [4.69, 9.17) is 0 Å². The van der Waals surface area contributed by atoms with Gasteiger partial charge in [0.15, 0.2) is 0 Å². The van der Waals surface area contributed by atoms with Gasteiger partial charge in [-0.25, -0.2) is 0 Å². The molecule has 96 valence electrons. The van der Waals surface area contributed by atoms with Gasteiger partial charge in [0.25, 0.3) is 5.56 Å². The van der Waals surface area contributed by atoms with E-state index in [0.717, 1.165) is 35.3 Å². The minimum absolute atomic E-state index is 0.124. The van der Waals surface area contributed by atoms with Crippen LogP contribution in [0.4, 0.5) is 0 Å². The van der Waals surface area contributed by atoms with Gasteiger partial charge in [-0.1, -0.05) is 0 Å². The number of rotatable bonds is 0. The molecule has 1 saturated heterocycles. The van der Waals surface area contributed by atoms with E-state index in [9.17, 15) is 9.59 Å². The number of aromatic nitrogens is 1. The maximum atomic E-state index is 12.1. The largest absolute Gasteiger partial charge is 0.342 e. The second kappa shape index (κ2) is 4.36. The molecule has 0 N–H and O–H groups in total. The zero-order chi connectivity index (χ0) is 12.9. The van der Waals surface area contributed by atoms with Gasteiger partial charge in [-0.2, -0.15) is 0 Å². The zero-order valence-corrected chi connectivity index (χ0v) is 12.4. The number of hydrogen-bond donors (Lipinski definition) is 0. The highest BCUT2D eigenvalue weighted by Gasteiger charge is 2.35. The lowest BCUT2D eigenvalue weighted by Crippen LogP contribution is -2.48. The average molecular weight is 358 g/mol. The molecule has 0 radical (unpaired) electrons. The molecule has 2 aliphatic rings. The van der Waals surface area contributed by atoms with E-state index < -0.39 is 0 Å². The lowest BCUT2D eigenvalue weighted by atomic mass is 9.83. The van der Waals surface area contributed by atoms with Gasteiger partial charge in [-0.05, 0) is 47.1 Å². The molecule has 0 aliphatic carbocycles. The molecule has 4 nitrogen and oxygen atoms in total. The number of piperidine rings is 1. The summed E-state index contributed by atoms with van der Waals surface area (Å²) in [5.41, 5.74) is 1.22. The Morgan fingerprint density at radius 1 is 1.33 bits per heavy atom. The fourth-order valence-corrected chi connectivity index (χ4v) is 3.65. The van der Waals surface area contributed by atoms with Crippen LogP contribution < -0.4 is 5.56 Å². The molecule has 5 heteroatoms. The predicted octanol–water partition coefficient (Wildman–Crippen LogP) is 1.42. The van der Waals surface area contributed by atoms with Gasteiger partial charge in [0.1, 0.15) is 0 Å². The molecule has 1 amide bonds. The third-order valence-corrected chi connectivity index (χ3v) is 4.82. The Bertz CT molecular complexity index is 567. The molecule has 2 aliphatic heterocycles. The highest BCUT2D eigenvalue weighted by atomic mass is 127. The normalized spacial score (nSPS) is 25.8. The summed E-state index contributed by atoms with van der Waals surface area (Å²) in [6.07, 6.45) is 1.10. The van der Waals surface area contributed by atoms with Crippen LogP contribution in [-0.2, 0) is 11.3 Å². The van der Waals surface area contributed by atoms with Gasteiger partial charge in [0, 0.05) is 38.2 Å². The molecular formula is C13H15IN2O2. The molecule has 0 aromatic carbocycles. The summed E-state index contributed by atoms with van der Waals surface area (Å²) in [5.74, 6) is 0.896. The number of carbonyl (C=O) groups excluding carboxylic acids is 1. The minimum atomic E-state index is 0.124. The highest BCUT2D eigenvalue weighted by Crippen LogP contribution is 2.35. The molecule has 1 aromatic rings. The van der Waals surface area contributed by atoms with Crippen molar-refractivity contribution in [3.63, 3.8) is 0 Å². The van der Waals surface area contributed by atoms with Crippen LogP contribution in [0.15, 0.2) is 16.9 Å². The Hall–Kier alpha value is -0.850. The van der Waals surface area contributed by atoms with Gasteiger partial charge < -0.3 is 9.47 Å². The maximum absolute atomic E-state index is 12.1. The summed E-state index contributed by atoms with van der Waals surface area (Å²) < 4.78 is 2.69. The number of fused-ring (bicyclic) bond motifs is 4. The Balaban J connectivity index is 2.03. The number of amides is 1. The number of pyridine rings is 1. The Kier molecular flexibility index (Phi) is 2.96. The van der Waals surface area contributed by atoms with Gasteiger partial charge in [-0.15, -0.1) is 0 Å². The molecule has 3 heterocycles. The Morgan fingerprint density at radius 3 is 2.83 bits per heavy atom. The highest BCUT2D eigenvalue weighted by molar-refractivity contribution is 14.1. The molecule has 2 atom stereocenters. The van der Waals surface area contributed by atoms with Crippen molar-refractivity contribution >= 4 is 28.5 Å². The lowest BCUT2D eigenvalue weighted by molar-refractivity contribution is -0.131. The van der Waals surface area contributed by atoms with E-state index in [2.05, 4.69) is 22.6 Å². The van der Waals surface area contributed by atoms with E-state index in [1.807, 2.05) is 21.6 Å². The van der Waals surface area contributed by atoms with Gasteiger partial charge >= 0.3 is 0 Å². The first-order chi connectivity index (χ1) is 8.56. The SMILES string of the molecule is CC(=O)N1C[C@@H]2C[C@H](C1)c1ccc(I)c(=O)n1C2. The molecule has 2 bridgehead atoms. The van der Waals surface area contributed by atoms with Crippen molar-refractivity contribution in [1.82, 2.24) is 9.47 Å². The van der Waals surface area contributed by atoms with Crippen molar-refractivity contribution < 1.29 is 4.79 Å². The molecule has 1 aromatic heterocycles. The molecule has 1 fully saturated rings. The number of nitrogens with zero attached hydrogens (tertiary/aromatic N) is 2. The van der Waals surface area contributed by atoms with Crippen LogP contribution in [0.2, 0.25) is 0 Å². The van der Waals surface area contributed by atoms with Crippen LogP contribution >= 0.6 is 22.6 Å². The minimum Gasteiger partial charge on any atom is -0.342 e. The van der Waals surface area contributed by atoms with E-state index in [1.54, 1.807) is 6.92 Å². The van der Waals surface area contributed by atoms with Crippen molar-refractivity contribution in [1.29, 1.82) is 0 Å². The van der Waals surface area contributed by atoms with Gasteiger partial charge in [0.2, 0.25) is 5.91 Å². The summed E-state index contributed by atoms with van der Waals surface area (Å²) >= 11 is 2.09. The van der Waals surface area contributed by atoms with E-state index >= 15 is 0 Å². The fourth-order valence-electron chi connectivity index (χ4n) is 3.18. The number of hydrogen-bond acceptors (Lipinski definition) is 2. The summed E-state index contributed by atoms with van der Waals surface area (Å²) in [4.78, 5) is 25.6. The maximum Gasteiger partial charge on any atom is 0.264 e. The van der Waals surface area contributed by atoms with Crippen LogP contribution in [-0.4, -0.2) is 28.5 Å². The summed E-state index contributed by atoms with van der Waals surface area (Å²) in [7, 11) is 0. The van der Waals surface area contributed by atoms with Crippen LogP contribution in [0.25, 0.3) is 0 Å². The molecule has 0 saturated carbocycles. The van der Waals surface area contributed by atoms with Gasteiger partial charge in [0.05, 0.1) is 3.57 Å². The third-order valence-electron chi connectivity index (χ3n) is 4.00. The monoisotopic (exact) mass is 358 g/mol. The zero-order valence-electron chi connectivity index (χ0n) is 10.2. The number of likely N-dealkylation sites (tertiary alicyclic amines) is 1. The van der Waals surface area contributed by atoms with Crippen LogP contribution in [0.5, 0.6) is 0 Å². The third kappa shape index (κ3) is 1.88. The first-order valence-corrected chi connectivity index (χ1v) is 7.29. The second-order valence-corrected chi connectivity index (χ2v) is 6.41. The molecule has 3 rings (SSSR count). The standard InChI is InChI=1S/C13H15IN2O2/c1-8(17)15-5-9-4-10(7-15)12-3-2-11(14)13(18)16(12)6-9/h2-3,9-10H,4-7H2,1H3/t9-,10+/m0/s1. The van der Waals surface area contributed by atoms with Crippen molar-refractivity contribution in [2.75, 3.05) is 13.1 Å². The van der Waals surface area contributed by atoms with E-state index in [1.165, 1.54) is 0 Å². The quantitative estimate of drug-likeness (QED) is 0.659. The van der Waals surface area contributed by atoms with Crippen molar-refractivity contribution in [3.05, 3.63) is 31.8 Å². The smallest absolute Gasteiger partial charge is 0.264 e. The number of halogens is 1. The van der Waals surface area contributed by atoms with E-state index in [0.29, 0.717) is 11.8 Å². The first-order valence-electron chi connectivity index (χ1n) is 6.21. The second-order valence-electron chi connectivity index (χ2n) is 5.24. The van der Waals surface area contributed by atoms with Crippen molar-refractivity contribution in [2.45, 2.75) is 25.8 Å². The van der Waals surface area contributed by atoms with Crippen molar-refractivity contribution in [2.24, 2.45) is 5.92 Å². The Morgan fingerprint density at radius 2 is 2.11 bits per heavy atom. The van der Waals surface area contributed by atoms with Crippen LogP contribution in [0, 0.1) is 9.49 Å². The van der Waals surface area contributed by atoms with Crippen molar-refractivity contribution in [3.8, 4) is 0 Å². The summed E-state index contributed by atoms with van der Waals surface area (Å²) in [6, 6.07) is 3.94. The van der Waals surface area contributed by atoms with Gasteiger partial charge in [-0.3, -0.25) is 9.59 Å². The molecule has 18 heavy (non-hydrogen) atoms. The van der Waals surface area contributed by atoms with Crippen LogP contribution in [0.3, 0.4) is 0 Å². The predicted molar refractivity (Wildman–Crippen MR) is 76.5 cm³/mol. The van der Waals surface area contributed by atoms with E-state index in [-0.39, 0.29) is 11.5 Å². The van der Waals surface area contributed by atoms with Crippen LogP contribution in [0.1, 0.15) is 25.0 Å². The average Bonchev–Trinajstić information content (AvgIpc) is 2.34. The molecular weight excluding hydrogens is 343 g/mol. The lowest BCUT2D eigenvalue weighted by Gasteiger charge is -2.42. The number of carbonyl (C=O) groups is 1. The first kappa shape index (κ1) is 12.2. The topological polar surface area (TPSA) is 42.3 Å². The summed E-state index contributed by atoms with van der Waals surface area (Å²) in [5, 5.41) is 0. The summed E-state index contributed by atoms with van der Waals surface area (Å²) in [6.45, 7) is 3.93.